The van der Waals surface area contributed by atoms with Gasteiger partial charge in [0.1, 0.15) is 0 Å². The van der Waals surface area contributed by atoms with Gasteiger partial charge >= 0.3 is 0 Å². The van der Waals surface area contributed by atoms with Crippen LogP contribution in [-0.2, 0) is 0 Å². The Kier molecular flexibility index (Phi) is 4.65. The maximum Gasteiger partial charge on any atom is 0.0329 e. The molecule has 0 aromatic rings. The smallest absolute Gasteiger partial charge is 0.0329 e. The molecule has 102 valence electrons. The molecule has 1 rings (SSSR count). The van der Waals surface area contributed by atoms with Crippen molar-refractivity contribution in [3.8, 4) is 0 Å². The van der Waals surface area contributed by atoms with Crippen LogP contribution in [0.15, 0.2) is 0 Å². The maximum atomic E-state index is 6.01. The molecule has 0 aliphatic heterocycles. The predicted octanol–water partition coefficient (Wildman–Crippen LogP) is 3.02. The van der Waals surface area contributed by atoms with Crippen LogP contribution < -0.4 is 11.1 Å². The zero-order valence-corrected chi connectivity index (χ0v) is 12.6. The SMILES string of the molecule is CC(C)C(CNC(C)(CN)C1(C)CC1)C(C)C. The topological polar surface area (TPSA) is 38.0 Å². The molecular formula is C15H32N2. The van der Waals surface area contributed by atoms with E-state index >= 15 is 0 Å². The Morgan fingerprint density at radius 3 is 1.94 bits per heavy atom. The Morgan fingerprint density at radius 2 is 1.65 bits per heavy atom. The molecule has 1 atom stereocenters. The molecule has 17 heavy (non-hydrogen) atoms. The summed E-state index contributed by atoms with van der Waals surface area (Å²) in [4.78, 5) is 0. The van der Waals surface area contributed by atoms with E-state index < -0.39 is 0 Å². The van der Waals surface area contributed by atoms with Gasteiger partial charge in [0.25, 0.3) is 0 Å². The minimum absolute atomic E-state index is 0.120. The number of rotatable bonds is 7. The molecule has 2 nitrogen and oxygen atoms in total. The summed E-state index contributed by atoms with van der Waals surface area (Å²) in [5.41, 5.74) is 6.56. The molecule has 0 spiro atoms. The lowest BCUT2D eigenvalue weighted by molar-refractivity contribution is 0.186. The fraction of sp³-hybridized carbons (Fsp3) is 1.00. The molecule has 1 saturated carbocycles. The monoisotopic (exact) mass is 240 g/mol. The molecule has 0 aromatic heterocycles. The molecular weight excluding hydrogens is 208 g/mol. The molecule has 0 bridgehead atoms. The minimum atomic E-state index is 0.120. The van der Waals surface area contributed by atoms with Crippen LogP contribution >= 0.6 is 0 Å². The Hall–Kier alpha value is -0.0800. The van der Waals surface area contributed by atoms with Crippen molar-refractivity contribution in [2.45, 2.75) is 59.9 Å². The Balaban J connectivity index is 2.58. The summed E-state index contributed by atoms with van der Waals surface area (Å²) in [6.45, 7) is 15.8. The third kappa shape index (κ3) is 3.23. The molecule has 0 aromatic carbocycles. The molecule has 3 N–H and O–H groups in total. The number of hydrogen-bond acceptors (Lipinski definition) is 2. The normalized spacial score (nSPS) is 22.2. The molecule has 0 heterocycles. The minimum Gasteiger partial charge on any atom is -0.329 e. The van der Waals surface area contributed by atoms with Crippen LogP contribution in [0.1, 0.15) is 54.4 Å². The summed E-state index contributed by atoms with van der Waals surface area (Å²) < 4.78 is 0. The average molecular weight is 240 g/mol. The van der Waals surface area contributed by atoms with Crippen molar-refractivity contribution in [3.05, 3.63) is 0 Å². The quantitative estimate of drug-likeness (QED) is 0.718. The zero-order chi connectivity index (χ0) is 13.3. The average Bonchev–Trinajstić information content (AvgIpc) is 2.97. The lowest BCUT2D eigenvalue weighted by Gasteiger charge is -2.39. The Morgan fingerprint density at radius 1 is 1.18 bits per heavy atom. The highest BCUT2D eigenvalue weighted by atomic mass is 15.0. The molecule has 1 aliphatic rings. The fourth-order valence-corrected chi connectivity index (χ4v) is 2.86. The first-order valence-electron chi connectivity index (χ1n) is 7.21. The van der Waals surface area contributed by atoms with Gasteiger partial charge in [-0.1, -0.05) is 34.6 Å². The second-order valence-corrected chi connectivity index (χ2v) is 7.13. The van der Waals surface area contributed by atoms with Crippen molar-refractivity contribution < 1.29 is 0 Å². The van der Waals surface area contributed by atoms with E-state index in [-0.39, 0.29) is 5.54 Å². The van der Waals surface area contributed by atoms with Crippen molar-refractivity contribution in [1.82, 2.24) is 5.32 Å². The fourth-order valence-electron chi connectivity index (χ4n) is 2.86. The molecule has 1 aliphatic carbocycles. The van der Waals surface area contributed by atoms with E-state index in [1.54, 1.807) is 0 Å². The zero-order valence-electron chi connectivity index (χ0n) is 12.6. The standard InChI is InChI=1S/C15H32N2/c1-11(2)13(12(3)4)9-17-15(6,10-16)14(5)7-8-14/h11-13,17H,7-10,16H2,1-6H3. The van der Waals surface area contributed by atoms with Gasteiger partial charge in [-0.3, -0.25) is 0 Å². The lowest BCUT2D eigenvalue weighted by Crippen LogP contribution is -2.56. The first kappa shape index (κ1) is 15.0. The second-order valence-electron chi connectivity index (χ2n) is 7.13. The van der Waals surface area contributed by atoms with Crippen LogP contribution in [0.5, 0.6) is 0 Å². The summed E-state index contributed by atoms with van der Waals surface area (Å²) >= 11 is 0. The van der Waals surface area contributed by atoms with Gasteiger partial charge in [0.05, 0.1) is 0 Å². The third-order valence-corrected chi connectivity index (χ3v) is 5.18. The summed E-state index contributed by atoms with van der Waals surface area (Å²) in [6, 6.07) is 0. The van der Waals surface area contributed by atoms with Gasteiger partial charge in [-0.15, -0.1) is 0 Å². The van der Waals surface area contributed by atoms with E-state index in [9.17, 15) is 0 Å². The third-order valence-electron chi connectivity index (χ3n) is 5.18. The second kappa shape index (κ2) is 5.27. The van der Waals surface area contributed by atoms with Crippen molar-refractivity contribution in [1.29, 1.82) is 0 Å². The van der Waals surface area contributed by atoms with Crippen molar-refractivity contribution in [2.75, 3.05) is 13.1 Å². The lowest BCUT2D eigenvalue weighted by atomic mass is 9.81. The highest BCUT2D eigenvalue weighted by Crippen LogP contribution is 2.53. The van der Waals surface area contributed by atoms with Crippen molar-refractivity contribution in [3.63, 3.8) is 0 Å². The number of nitrogens with one attached hydrogen (secondary N) is 1. The van der Waals surface area contributed by atoms with E-state index in [0.29, 0.717) is 5.41 Å². The van der Waals surface area contributed by atoms with Crippen LogP contribution in [0.3, 0.4) is 0 Å². The first-order valence-corrected chi connectivity index (χ1v) is 7.21. The van der Waals surface area contributed by atoms with Crippen molar-refractivity contribution in [2.24, 2.45) is 28.9 Å². The van der Waals surface area contributed by atoms with E-state index in [1.807, 2.05) is 0 Å². The van der Waals surface area contributed by atoms with Crippen LogP contribution in [0.25, 0.3) is 0 Å². The number of nitrogens with two attached hydrogens (primary N) is 1. The van der Waals surface area contributed by atoms with Gasteiger partial charge in [-0.25, -0.2) is 0 Å². The van der Waals surface area contributed by atoms with Gasteiger partial charge in [0, 0.05) is 12.1 Å². The van der Waals surface area contributed by atoms with Crippen LogP contribution in [0.2, 0.25) is 0 Å². The van der Waals surface area contributed by atoms with Crippen LogP contribution in [-0.4, -0.2) is 18.6 Å². The molecule has 2 heteroatoms. The first-order chi connectivity index (χ1) is 7.76. The van der Waals surface area contributed by atoms with E-state index in [2.05, 4.69) is 46.9 Å². The molecule has 0 amide bonds. The van der Waals surface area contributed by atoms with E-state index in [4.69, 9.17) is 5.73 Å². The number of hydrogen-bond donors (Lipinski definition) is 2. The van der Waals surface area contributed by atoms with E-state index in [0.717, 1.165) is 30.8 Å². The molecule has 0 radical (unpaired) electrons. The summed E-state index contributed by atoms with van der Waals surface area (Å²) in [5, 5.41) is 3.79. The summed E-state index contributed by atoms with van der Waals surface area (Å²) in [6.07, 6.45) is 2.64. The summed E-state index contributed by atoms with van der Waals surface area (Å²) in [7, 11) is 0. The van der Waals surface area contributed by atoms with Gasteiger partial charge in [0.2, 0.25) is 0 Å². The largest absolute Gasteiger partial charge is 0.329 e. The van der Waals surface area contributed by atoms with Crippen molar-refractivity contribution >= 4 is 0 Å². The summed E-state index contributed by atoms with van der Waals surface area (Å²) in [5.74, 6) is 2.20. The van der Waals surface area contributed by atoms with Gasteiger partial charge in [0.15, 0.2) is 0 Å². The Labute approximate surface area is 108 Å². The van der Waals surface area contributed by atoms with Gasteiger partial charge in [-0.05, 0) is 49.5 Å². The van der Waals surface area contributed by atoms with E-state index in [1.165, 1.54) is 12.8 Å². The van der Waals surface area contributed by atoms with Crippen LogP contribution in [0.4, 0.5) is 0 Å². The molecule has 1 fully saturated rings. The predicted molar refractivity (Wildman–Crippen MR) is 76.0 cm³/mol. The Bertz CT molecular complexity index is 235. The molecule has 1 unspecified atom stereocenters. The van der Waals surface area contributed by atoms with Gasteiger partial charge < -0.3 is 11.1 Å². The highest BCUT2D eigenvalue weighted by molar-refractivity contribution is 5.08. The van der Waals surface area contributed by atoms with Crippen LogP contribution in [0, 0.1) is 23.2 Å². The molecule has 0 saturated heterocycles. The maximum absolute atomic E-state index is 6.01. The van der Waals surface area contributed by atoms with Gasteiger partial charge in [-0.2, -0.15) is 0 Å². The highest BCUT2D eigenvalue weighted by Gasteiger charge is 2.52.